The zero-order valence-electron chi connectivity index (χ0n) is 8.87. The first kappa shape index (κ1) is 10.4. The van der Waals surface area contributed by atoms with E-state index in [1.165, 1.54) is 32.1 Å². The molecule has 0 aromatic heterocycles. The van der Waals surface area contributed by atoms with Crippen molar-refractivity contribution in [1.82, 2.24) is 5.32 Å². The van der Waals surface area contributed by atoms with E-state index in [1.54, 1.807) is 0 Å². The minimum atomic E-state index is 0.532. The monoisotopic (exact) mass is 198 g/mol. The van der Waals surface area contributed by atoms with Crippen LogP contribution in [0.3, 0.4) is 0 Å². The van der Waals surface area contributed by atoms with E-state index in [-0.39, 0.29) is 0 Å². The van der Waals surface area contributed by atoms with Gasteiger partial charge in [-0.25, -0.2) is 0 Å². The van der Waals surface area contributed by atoms with Crippen molar-refractivity contribution in [2.75, 3.05) is 19.8 Å². The van der Waals surface area contributed by atoms with Gasteiger partial charge in [0.15, 0.2) is 0 Å². The summed E-state index contributed by atoms with van der Waals surface area (Å²) < 4.78 is 5.37. The average molecular weight is 198 g/mol. The number of nitrogens with two attached hydrogens (primary N) is 1. The van der Waals surface area contributed by atoms with E-state index in [0.29, 0.717) is 6.04 Å². The molecular formula is C11H22N2O. The first-order valence-electron chi connectivity index (χ1n) is 5.94. The molecule has 0 bridgehead atoms. The van der Waals surface area contributed by atoms with Crippen LogP contribution in [0.1, 0.15) is 32.1 Å². The van der Waals surface area contributed by atoms with Gasteiger partial charge in [-0.15, -0.1) is 0 Å². The molecule has 3 N–H and O–H groups in total. The lowest BCUT2D eigenvalue weighted by Crippen LogP contribution is -2.50. The number of rotatable bonds is 4. The Labute approximate surface area is 86.4 Å². The van der Waals surface area contributed by atoms with Crippen molar-refractivity contribution in [1.29, 1.82) is 0 Å². The zero-order chi connectivity index (χ0) is 9.80. The number of ether oxygens (including phenoxy) is 1. The van der Waals surface area contributed by atoms with E-state index >= 15 is 0 Å². The highest BCUT2D eigenvalue weighted by Crippen LogP contribution is 2.23. The Kier molecular flexibility index (Phi) is 3.79. The fourth-order valence-corrected chi connectivity index (χ4v) is 2.39. The molecule has 2 aliphatic rings. The predicted octanol–water partition coefficient (Wildman–Crippen LogP) is 0.882. The van der Waals surface area contributed by atoms with E-state index in [0.717, 1.165) is 31.7 Å². The van der Waals surface area contributed by atoms with Crippen LogP contribution in [0.25, 0.3) is 0 Å². The van der Waals surface area contributed by atoms with Crippen molar-refractivity contribution in [3.8, 4) is 0 Å². The molecule has 0 spiro atoms. The van der Waals surface area contributed by atoms with Gasteiger partial charge in [0.1, 0.15) is 0 Å². The van der Waals surface area contributed by atoms with Crippen LogP contribution in [-0.2, 0) is 4.74 Å². The third kappa shape index (κ3) is 2.47. The second kappa shape index (κ2) is 5.10. The summed E-state index contributed by atoms with van der Waals surface area (Å²) >= 11 is 0. The topological polar surface area (TPSA) is 47.3 Å². The second-order valence-electron chi connectivity index (χ2n) is 4.59. The van der Waals surface area contributed by atoms with Gasteiger partial charge < -0.3 is 15.8 Å². The molecule has 1 saturated heterocycles. The first-order chi connectivity index (χ1) is 6.90. The van der Waals surface area contributed by atoms with Crippen molar-refractivity contribution in [3.63, 3.8) is 0 Å². The minimum Gasteiger partial charge on any atom is -0.381 e. The predicted molar refractivity (Wildman–Crippen MR) is 57.2 cm³/mol. The summed E-state index contributed by atoms with van der Waals surface area (Å²) in [5.74, 6) is 0.745. The normalized spacial score (nSPS) is 27.2. The van der Waals surface area contributed by atoms with Crippen molar-refractivity contribution >= 4 is 0 Å². The van der Waals surface area contributed by atoms with Gasteiger partial charge in [0.05, 0.1) is 0 Å². The Morgan fingerprint density at radius 3 is 2.43 bits per heavy atom. The highest BCUT2D eigenvalue weighted by molar-refractivity contribution is 4.86. The van der Waals surface area contributed by atoms with Gasteiger partial charge >= 0.3 is 0 Å². The molecule has 1 saturated carbocycles. The molecule has 1 aliphatic heterocycles. The molecule has 2 fully saturated rings. The Balaban J connectivity index is 1.77. The molecular weight excluding hydrogens is 176 g/mol. The van der Waals surface area contributed by atoms with E-state index in [2.05, 4.69) is 5.32 Å². The zero-order valence-corrected chi connectivity index (χ0v) is 8.87. The minimum absolute atomic E-state index is 0.532. The van der Waals surface area contributed by atoms with E-state index in [9.17, 15) is 0 Å². The molecule has 0 aromatic rings. The Hall–Kier alpha value is -0.120. The summed E-state index contributed by atoms with van der Waals surface area (Å²) in [7, 11) is 0. The van der Waals surface area contributed by atoms with E-state index < -0.39 is 0 Å². The van der Waals surface area contributed by atoms with Crippen LogP contribution in [0.4, 0.5) is 0 Å². The molecule has 1 unspecified atom stereocenters. The third-order valence-corrected chi connectivity index (χ3v) is 3.64. The first-order valence-corrected chi connectivity index (χ1v) is 5.94. The highest BCUT2D eigenvalue weighted by atomic mass is 16.5. The van der Waals surface area contributed by atoms with Crippen molar-refractivity contribution < 1.29 is 4.74 Å². The average Bonchev–Trinajstić information content (AvgIpc) is 2.18. The van der Waals surface area contributed by atoms with Gasteiger partial charge in [-0.2, -0.15) is 0 Å². The van der Waals surface area contributed by atoms with Crippen LogP contribution in [0.15, 0.2) is 0 Å². The maximum atomic E-state index is 5.83. The van der Waals surface area contributed by atoms with E-state index in [4.69, 9.17) is 10.5 Å². The highest BCUT2D eigenvalue weighted by Gasteiger charge is 2.27. The lowest BCUT2D eigenvalue weighted by molar-refractivity contribution is 0.0512. The van der Waals surface area contributed by atoms with Crippen LogP contribution in [0, 0.1) is 5.92 Å². The molecule has 1 atom stereocenters. The van der Waals surface area contributed by atoms with Crippen molar-refractivity contribution in [2.45, 2.75) is 44.2 Å². The Bertz CT molecular complexity index is 165. The Morgan fingerprint density at radius 2 is 1.93 bits per heavy atom. The molecule has 14 heavy (non-hydrogen) atoms. The largest absolute Gasteiger partial charge is 0.381 e. The summed E-state index contributed by atoms with van der Waals surface area (Å²) in [6, 6.07) is 1.29. The molecule has 0 aromatic carbocycles. The molecule has 2 rings (SSSR count). The summed E-state index contributed by atoms with van der Waals surface area (Å²) in [6.07, 6.45) is 6.45. The lowest BCUT2D eigenvalue weighted by Gasteiger charge is -2.36. The third-order valence-electron chi connectivity index (χ3n) is 3.64. The molecule has 3 nitrogen and oxygen atoms in total. The van der Waals surface area contributed by atoms with Gasteiger partial charge in [0.25, 0.3) is 0 Å². The maximum Gasteiger partial charge on any atom is 0.0469 e. The lowest BCUT2D eigenvalue weighted by atomic mass is 9.87. The quantitative estimate of drug-likeness (QED) is 0.705. The van der Waals surface area contributed by atoms with Crippen LogP contribution < -0.4 is 11.1 Å². The number of nitrogens with one attached hydrogen (secondary N) is 1. The van der Waals surface area contributed by atoms with Crippen LogP contribution in [0.5, 0.6) is 0 Å². The van der Waals surface area contributed by atoms with E-state index in [1.807, 2.05) is 0 Å². The number of hydrogen-bond acceptors (Lipinski definition) is 3. The van der Waals surface area contributed by atoms with Crippen LogP contribution in [0.2, 0.25) is 0 Å². The fourth-order valence-electron chi connectivity index (χ4n) is 2.39. The summed E-state index contributed by atoms with van der Waals surface area (Å²) in [5, 5.41) is 3.69. The molecule has 82 valence electrons. The maximum absolute atomic E-state index is 5.83. The van der Waals surface area contributed by atoms with Crippen LogP contribution in [-0.4, -0.2) is 31.8 Å². The molecule has 1 aliphatic carbocycles. The second-order valence-corrected chi connectivity index (χ2v) is 4.59. The smallest absolute Gasteiger partial charge is 0.0469 e. The number of hydrogen-bond donors (Lipinski definition) is 2. The van der Waals surface area contributed by atoms with Gasteiger partial charge in [0, 0.05) is 31.8 Å². The summed E-state index contributed by atoms with van der Waals surface area (Å²) in [5.41, 5.74) is 5.83. The molecule has 3 heteroatoms. The van der Waals surface area contributed by atoms with Gasteiger partial charge in [-0.3, -0.25) is 0 Å². The Morgan fingerprint density at radius 1 is 1.21 bits per heavy atom. The van der Waals surface area contributed by atoms with Gasteiger partial charge in [-0.1, -0.05) is 6.42 Å². The van der Waals surface area contributed by atoms with Gasteiger partial charge in [-0.05, 0) is 31.6 Å². The summed E-state index contributed by atoms with van der Waals surface area (Å²) in [4.78, 5) is 0. The SMILES string of the molecule is NCC(NC1CCC1)C1CCOCC1. The molecule has 0 radical (unpaired) electrons. The van der Waals surface area contributed by atoms with Crippen LogP contribution >= 0.6 is 0 Å². The molecule has 1 heterocycles. The van der Waals surface area contributed by atoms with Crippen molar-refractivity contribution in [3.05, 3.63) is 0 Å². The standard InChI is InChI=1S/C11H22N2O/c12-8-11(13-10-2-1-3-10)9-4-6-14-7-5-9/h9-11,13H,1-8,12H2. The van der Waals surface area contributed by atoms with Crippen molar-refractivity contribution in [2.24, 2.45) is 11.7 Å². The fraction of sp³-hybridized carbons (Fsp3) is 1.00. The molecule has 0 amide bonds. The summed E-state index contributed by atoms with van der Waals surface area (Å²) in [6.45, 7) is 2.63. The van der Waals surface area contributed by atoms with Gasteiger partial charge in [0.2, 0.25) is 0 Å².